The first-order valence-corrected chi connectivity index (χ1v) is 10.2. The number of aryl methyl sites for hydroxylation is 2. The molecule has 1 heterocycles. The number of sulfonamides is 1. The van der Waals surface area contributed by atoms with E-state index in [1.165, 1.54) is 23.5 Å². The molecule has 0 unspecified atom stereocenters. The molecule has 136 valence electrons. The highest BCUT2D eigenvalue weighted by atomic mass is 32.2. The average Bonchev–Trinajstić information content (AvgIpc) is 2.94. The third kappa shape index (κ3) is 5.08. The highest BCUT2D eigenvalue weighted by molar-refractivity contribution is 7.89. The van der Waals surface area contributed by atoms with Gasteiger partial charge in [-0.05, 0) is 38.0 Å². The Balaban J connectivity index is 2.18. The van der Waals surface area contributed by atoms with Crippen LogP contribution < -0.4 is 15.8 Å². The maximum absolute atomic E-state index is 12.5. The minimum absolute atomic E-state index is 0.0754. The summed E-state index contributed by atoms with van der Waals surface area (Å²) in [5.41, 5.74) is 6.41. The highest BCUT2D eigenvalue weighted by Gasteiger charge is 2.17. The number of rotatable bonds is 8. The zero-order valence-corrected chi connectivity index (χ0v) is 15.8. The van der Waals surface area contributed by atoms with Gasteiger partial charge in [-0.3, -0.25) is 4.79 Å². The molecule has 1 aromatic heterocycles. The third-order valence-electron chi connectivity index (χ3n) is 3.35. The Kier molecular flexibility index (Phi) is 6.65. The van der Waals surface area contributed by atoms with E-state index in [1.807, 2.05) is 0 Å². The molecule has 2 aromatic rings. The molecule has 0 spiro atoms. The number of aromatic nitrogens is 1. The Bertz CT molecular complexity index is 847. The number of carbonyl (C=O) groups is 1. The maximum Gasteiger partial charge on any atom is 0.267 e. The minimum atomic E-state index is -3.65. The highest BCUT2D eigenvalue weighted by Crippen LogP contribution is 2.22. The SMILES string of the molecule is CCCc1nc(C)c(C(=O)Nc2cccc(S(=O)(=O)NCCN)c2)s1. The lowest BCUT2D eigenvalue weighted by atomic mass is 10.3. The summed E-state index contributed by atoms with van der Waals surface area (Å²) in [7, 11) is -3.65. The summed E-state index contributed by atoms with van der Waals surface area (Å²) >= 11 is 1.36. The fourth-order valence-corrected chi connectivity index (χ4v) is 4.34. The molecule has 1 amide bonds. The predicted octanol–water partition coefficient (Wildman–Crippen LogP) is 1.89. The molecule has 0 atom stereocenters. The van der Waals surface area contributed by atoms with Crippen molar-refractivity contribution in [1.82, 2.24) is 9.71 Å². The van der Waals surface area contributed by atoms with E-state index in [9.17, 15) is 13.2 Å². The van der Waals surface area contributed by atoms with E-state index in [2.05, 4.69) is 21.9 Å². The molecule has 7 nitrogen and oxygen atoms in total. The number of carbonyl (C=O) groups excluding carboxylic acids is 1. The fourth-order valence-electron chi connectivity index (χ4n) is 2.19. The number of amides is 1. The molecular formula is C16H22N4O3S2. The van der Waals surface area contributed by atoms with Crippen molar-refractivity contribution in [3.63, 3.8) is 0 Å². The first kappa shape index (κ1) is 19.5. The molecule has 1 aromatic carbocycles. The Morgan fingerprint density at radius 2 is 2.12 bits per heavy atom. The first-order chi connectivity index (χ1) is 11.9. The van der Waals surface area contributed by atoms with E-state index < -0.39 is 10.0 Å². The lowest BCUT2D eigenvalue weighted by molar-refractivity contribution is 0.102. The van der Waals surface area contributed by atoms with Gasteiger partial charge in [-0.15, -0.1) is 11.3 Å². The number of hydrogen-bond donors (Lipinski definition) is 3. The topological polar surface area (TPSA) is 114 Å². The van der Waals surface area contributed by atoms with Gasteiger partial charge >= 0.3 is 0 Å². The normalized spacial score (nSPS) is 11.5. The summed E-state index contributed by atoms with van der Waals surface area (Å²) in [5, 5.41) is 3.66. The van der Waals surface area contributed by atoms with E-state index in [-0.39, 0.29) is 23.9 Å². The molecule has 0 bridgehead atoms. The van der Waals surface area contributed by atoms with E-state index in [1.54, 1.807) is 19.1 Å². The monoisotopic (exact) mass is 382 g/mol. The largest absolute Gasteiger partial charge is 0.329 e. The van der Waals surface area contributed by atoms with Crippen LogP contribution in [0.3, 0.4) is 0 Å². The van der Waals surface area contributed by atoms with Crippen LogP contribution in [0.1, 0.15) is 33.7 Å². The van der Waals surface area contributed by atoms with Crippen LogP contribution in [0.4, 0.5) is 5.69 Å². The Morgan fingerprint density at radius 1 is 1.36 bits per heavy atom. The molecule has 0 aliphatic heterocycles. The zero-order valence-electron chi connectivity index (χ0n) is 14.2. The molecule has 0 aliphatic rings. The van der Waals surface area contributed by atoms with Crippen LogP contribution in [-0.2, 0) is 16.4 Å². The van der Waals surface area contributed by atoms with Gasteiger partial charge in [0.05, 0.1) is 15.6 Å². The molecular weight excluding hydrogens is 360 g/mol. The van der Waals surface area contributed by atoms with Crippen LogP contribution in [0.2, 0.25) is 0 Å². The number of benzene rings is 1. The lowest BCUT2D eigenvalue weighted by Crippen LogP contribution is -2.29. The molecule has 0 radical (unpaired) electrons. The van der Waals surface area contributed by atoms with Crippen molar-refractivity contribution < 1.29 is 13.2 Å². The molecule has 0 fully saturated rings. The predicted molar refractivity (Wildman–Crippen MR) is 99.5 cm³/mol. The Hall–Kier alpha value is -1.81. The summed E-state index contributed by atoms with van der Waals surface area (Å²) in [6.07, 6.45) is 1.79. The summed E-state index contributed by atoms with van der Waals surface area (Å²) in [6, 6.07) is 6.10. The number of thiazole rings is 1. The van der Waals surface area contributed by atoms with Gasteiger partial charge < -0.3 is 11.1 Å². The summed E-state index contributed by atoms with van der Waals surface area (Å²) < 4.78 is 26.7. The minimum Gasteiger partial charge on any atom is -0.329 e. The van der Waals surface area contributed by atoms with Crippen LogP contribution in [0.25, 0.3) is 0 Å². The van der Waals surface area contributed by atoms with Crippen LogP contribution >= 0.6 is 11.3 Å². The van der Waals surface area contributed by atoms with Crippen LogP contribution in [0, 0.1) is 6.92 Å². The van der Waals surface area contributed by atoms with E-state index in [0.29, 0.717) is 16.3 Å². The second kappa shape index (κ2) is 8.52. The van der Waals surface area contributed by atoms with Crippen molar-refractivity contribution in [3.8, 4) is 0 Å². The first-order valence-electron chi connectivity index (χ1n) is 7.94. The summed E-state index contributed by atoms with van der Waals surface area (Å²) in [5.74, 6) is -0.290. The van der Waals surface area contributed by atoms with Gasteiger partial charge in [0, 0.05) is 18.8 Å². The molecule has 4 N–H and O–H groups in total. The number of nitrogens with one attached hydrogen (secondary N) is 2. The van der Waals surface area contributed by atoms with Crippen molar-refractivity contribution in [2.45, 2.75) is 31.6 Å². The van der Waals surface area contributed by atoms with Crippen molar-refractivity contribution in [3.05, 3.63) is 39.8 Å². The van der Waals surface area contributed by atoms with Crippen molar-refractivity contribution in [2.24, 2.45) is 5.73 Å². The smallest absolute Gasteiger partial charge is 0.267 e. The van der Waals surface area contributed by atoms with E-state index in [0.717, 1.165) is 17.8 Å². The summed E-state index contributed by atoms with van der Waals surface area (Å²) in [6.45, 7) is 4.21. The Labute approximate surface area is 151 Å². The van der Waals surface area contributed by atoms with E-state index in [4.69, 9.17) is 5.73 Å². The molecule has 2 rings (SSSR count). The quantitative estimate of drug-likeness (QED) is 0.645. The van der Waals surface area contributed by atoms with Gasteiger partial charge in [-0.1, -0.05) is 13.0 Å². The van der Waals surface area contributed by atoms with Crippen LogP contribution in [-0.4, -0.2) is 32.4 Å². The van der Waals surface area contributed by atoms with Gasteiger partial charge in [-0.25, -0.2) is 18.1 Å². The number of nitrogens with zero attached hydrogens (tertiary/aromatic N) is 1. The number of hydrogen-bond acceptors (Lipinski definition) is 6. The molecule has 0 saturated heterocycles. The molecule has 9 heteroatoms. The van der Waals surface area contributed by atoms with Crippen LogP contribution in [0.15, 0.2) is 29.2 Å². The van der Waals surface area contributed by atoms with E-state index >= 15 is 0 Å². The second-order valence-electron chi connectivity index (χ2n) is 5.44. The molecule has 25 heavy (non-hydrogen) atoms. The average molecular weight is 383 g/mol. The number of anilines is 1. The second-order valence-corrected chi connectivity index (χ2v) is 8.29. The fraction of sp³-hybridized carbons (Fsp3) is 0.375. The maximum atomic E-state index is 12.5. The standard InChI is InChI=1S/C16H22N4O3S2/c1-3-5-14-19-11(2)15(24-14)16(21)20-12-6-4-7-13(10-12)25(22,23)18-9-8-17/h4,6-7,10,18H,3,5,8-9,17H2,1-2H3,(H,20,21). The van der Waals surface area contributed by atoms with Gasteiger partial charge in [0.25, 0.3) is 5.91 Å². The van der Waals surface area contributed by atoms with Crippen molar-refractivity contribution in [1.29, 1.82) is 0 Å². The molecule has 0 saturated carbocycles. The van der Waals surface area contributed by atoms with Gasteiger partial charge in [-0.2, -0.15) is 0 Å². The molecule has 0 aliphatic carbocycles. The number of nitrogens with two attached hydrogens (primary N) is 1. The van der Waals surface area contributed by atoms with Gasteiger partial charge in [0.15, 0.2) is 0 Å². The summed E-state index contributed by atoms with van der Waals surface area (Å²) in [4.78, 5) is 17.5. The van der Waals surface area contributed by atoms with Crippen LogP contribution in [0.5, 0.6) is 0 Å². The zero-order chi connectivity index (χ0) is 18.4. The Morgan fingerprint density at radius 3 is 2.80 bits per heavy atom. The van der Waals surface area contributed by atoms with Crippen molar-refractivity contribution in [2.75, 3.05) is 18.4 Å². The third-order valence-corrected chi connectivity index (χ3v) is 6.02. The lowest BCUT2D eigenvalue weighted by Gasteiger charge is -2.08. The van der Waals surface area contributed by atoms with Gasteiger partial charge in [0.2, 0.25) is 10.0 Å². The van der Waals surface area contributed by atoms with Crippen molar-refractivity contribution >= 4 is 33.0 Å². The van der Waals surface area contributed by atoms with Gasteiger partial charge in [0.1, 0.15) is 4.88 Å².